The summed E-state index contributed by atoms with van der Waals surface area (Å²) in [6.07, 6.45) is 6.89. The summed E-state index contributed by atoms with van der Waals surface area (Å²) >= 11 is 0. The Hall–Kier alpha value is -2.47. The lowest BCUT2D eigenvalue weighted by molar-refractivity contribution is -0.0691. The Kier molecular flexibility index (Phi) is 5.66. The quantitative estimate of drug-likeness (QED) is 0.694. The highest BCUT2D eigenvalue weighted by Crippen LogP contribution is 2.48. The number of carbonyl (C=O) groups excluding carboxylic acids is 1. The van der Waals surface area contributed by atoms with Crippen LogP contribution in [-0.4, -0.2) is 58.1 Å². The number of aromatic nitrogens is 2. The van der Waals surface area contributed by atoms with Crippen molar-refractivity contribution in [2.75, 3.05) is 26.2 Å². The van der Waals surface area contributed by atoms with Gasteiger partial charge in [-0.15, -0.1) is 0 Å². The highest BCUT2D eigenvalue weighted by Gasteiger charge is 2.48. The van der Waals surface area contributed by atoms with Gasteiger partial charge >= 0.3 is 6.09 Å². The average Bonchev–Trinajstić information content (AvgIpc) is 3.20. The van der Waals surface area contributed by atoms with Gasteiger partial charge in [-0.05, 0) is 74.6 Å². The average molecular weight is 435 g/mol. The highest BCUT2D eigenvalue weighted by molar-refractivity contribution is 5.68. The molecule has 2 aliphatic heterocycles. The summed E-state index contributed by atoms with van der Waals surface area (Å²) in [5, 5.41) is 0. The molecular formula is C26H34N4O2. The van der Waals surface area contributed by atoms with Gasteiger partial charge < -0.3 is 9.64 Å². The summed E-state index contributed by atoms with van der Waals surface area (Å²) < 4.78 is 5.52. The third-order valence-electron chi connectivity index (χ3n) is 7.77. The van der Waals surface area contributed by atoms with Crippen molar-refractivity contribution in [3.8, 4) is 11.3 Å². The molecule has 0 saturated carbocycles. The van der Waals surface area contributed by atoms with Crippen LogP contribution in [0.3, 0.4) is 0 Å². The molecular weight excluding hydrogens is 400 g/mol. The molecule has 1 aromatic heterocycles. The number of nitrogens with zero attached hydrogens (tertiary/aromatic N) is 4. The number of hydrogen-bond donors (Lipinski definition) is 0. The first-order valence-corrected chi connectivity index (χ1v) is 12.1. The van der Waals surface area contributed by atoms with Gasteiger partial charge in [0.05, 0.1) is 5.69 Å². The highest BCUT2D eigenvalue weighted by atomic mass is 16.6. The Balaban J connectivity index is 1.19. The monoisotopic (exact) mass is 434 g/mol. The molecule has 32 heavy (non-hydrogen) atoms. The Morgan fingerprint density at radius 3 is 2.72 bits per heavy atom. The number of amides is 1. The molecule has 0 radical (unpaired) electrons. The molecule has 0 bridgehead atoms. The van der Waals surface area contributed by atoms with E-state index in [4.69, 9.17) is 4.74 Å². The van der Waals surface area contributed by atoms with E-state index in [9.17, 15) is 4.79 Å². The van der Waals surface area contributed by atoms with E-state index >= 15 is 0 Å². The van der Waals surface area contributed by atoms with Crippen LogP contribution in [0.25, 0.3) is 11.3 Å². The molecule has 3 heterocycles. The molecule has 1 amide bonds. The molecule has 1 spiro atoms. The molecule has 1 unspecified atom stereocenters. The zero-order valence-electron chi connectivity index (χ0n) is 19.5. The number of rotatable bonds is 4. The Morgan fingerprint density at radius 1 is 1.22 bits per heavy atom. The number of hydrogen-bond acceptors (Lipinski definition) is 5. The first kappa shape index (κ1) is 21.4. The fourth-order valence-electron chi connectivity index (χ4n) is 5.59. The fourth-order valence-corrected chi connectivity index (χ4v) is 5.59. The van der Waals surface area contributed by atoms with Crippen molar-refractivity contribution in [3.05, 3.63) is 47.4 Å². The molecule has 2 atom stereocenters. The van der Waals surface area contributed by atoms with Crippen LogP contribution in [0, 0.1) is 12.3 Å². The molecule has 170 valence electrons. The summed E-state index contributed by atoms with van der Waals surface area (Å²) in [6.45, 7) is 9.97. The topological polar surface area (TPSA) is 58.6 Å². The van der Waals surface area contributed by atoms with Gasteiger partial charge in [0.15, 0.2) is 0 Å². The van der Waals surface area contributed by atoms with Crippen LogP contribution in [0.4, 0.5) is 4.79 Å². The number of carbonyl (C=O) groups is 1. The maximum atomic E-state index is 12.3. The maximum Gasteiger partial charge on any atom is 0.410 e. The van der Waals surface area contributed by atoms with E-state index in [1.54, 1.807) is 6.33 Å². The Morgan fingerprint density at radius 2 is 2.00 bits per heavy atom. The van der Waals surface area contributed by atoms with Crippen LogP contribution < -0.4 is 0 Å². The van der Waals surface area contributed by atoms with Crippen LogP contribution >= 0.6 is 0 Å². The predicted molar refractivity (Wildman–Crippen MR) is 124 cm³/mol. The number of aryl methyl sites for hydroxylation is 2. The first-order valence-electron chi connectivity index (χ1n) is 12.1. The van der Waals surface area contributed by atoms with Crippen LogP contribution in [0.15, 0.2) is 30.6 Å². The summed E-state index contributed by atoms with van der Waals surface area (Å²) in [6, 6.07) is 9.45. The van der Waals surface area contributed by atoms with Crippen molar-refractivity contribution in [2.45, 2.75) is 65.0 Å². The number of fused-ring (bicyclic) bond motifs is 1. The Bertz CT molecular complexity index is 991. The third-order valence-corrected chi connectivity index (χ3v) is 7.77. The smallest absolute Gasteiger partial charge is 0.410 e. The molecule has 5 rings (SSSR count). The lowest BCUT2D eigenvalue weighted by atomic mass is 9.71. The van der Waals surface area contributed by atoms with E-state index in [1.165, 1.54) is 23.1 Å². The van der Waals surface area contributed by atoms with Gasteiger partial charge in [0.25, 0.3) is 0 Å². The third kappa shape index (κ3) is 4.01. The summed E-state index contributed by atoms with van der Waals surface area (Å²) in [4.78, 5) is 25.6. The largest absolute Gasteiger partial charge is 0.446 e. The van der Waals surface area contributed by atoms with Crippen molar-refractivity contribution in [1.29, 1.82) is 0 Å². The second-order valence-corrected chi connectivity index (χ2v) is 10.0. The second-order valence-electron chi connectivity index (χ2n) is 10.0. The molecule has 3 aliphatic rings. The van der Waals surface area contributed by atoms with E-state index in [2.05, 4.69) is 39.1 Å². The van der Waals surface area contributed by atoms with E-state index in [-0.39, 0.29) is 12.2 Å². The molecule has 1 aromatic carbocycles. The molecule has 2 saturated heterocycles. The standard InChI is InChI=1S/C26H34N4O2/c1-4-19(3)32-25(31)29-11-9-26(10-12-29)15-30(16-26)24-8-6-20-14-21(5-7-22(20)24)23-13-18(2)27-17-28-23/h5,7,13-14,17,19,24H,4,6,8-12,15-16H2,1-3H3/t19?,24-/m1/s1. The van der Waals surface area contributed by atoms with Crippen molar-refractivity contribution in [1.82, 2.24) is 19.8 Å². The summed E-state index contributed by atoms with van der Waals surface area (Å²) in [5.74, 6) is 0. The predicted octanol–water partition coefficient (Wildman–Crippen LogP) is 4.77. The minimum atomic E-state index is -0.134. The van der Waals surface area contributed by atoms with E-state index in [1.807, 2.05) is 25.7 Å². The lowest BCUT2D eigenvalue weighted by Crippen LogP contribution is -2.61. The number of piperidine rings is 1. The minimum Gasteiger partial charge on any atom is -0.446 e. The van der Waals surface area contributed by atoms with Crippen LogP contribution in [0.1, 0.15) is 62.4 Å². The van der Waals surface area contributed by atoms with Crippen molar-refractivity contribution in [3.63, 3.8) is 0 Å². The van der Waals surface area contributed by atoms with Gasteiger partial charge in [-0.3, -0.25) is 4.90 Å². The number of likely N-dealkylation sites (tertiary alicyclic amines) is 2. The molecule has 2 fully saturated rings. The lowest BCUT2D eigenvalue weighted by Gasteiger charge is -2.56. The van der Waals surface area contributed by atoms with Gasteiger partial charge in [-0.1, -0.05) is 19.1 Å². The molecule has 1 aliphatic carbocycles. The second kappa shape index (κ2) is 8.47. The Labute approximate surface area is 191 Å². The van der Waals surface area contributed by atoms with Gasteiger partial charge in [0.2, 0.25) is 0 Å². The van der Waals surface area contributed by atoms with Crippen LogP contribution in [0.5, 0.6) is 0 Å². The zero-order chi connectivity index (χ0) is 22.3. The van der Waals surface area contributed by atoms with Gasteiger partial charge in [0, 0.05) is 43.5 Å². The van der Waals surface area contributed by atoms with Gasteiger partial charge in [0.1, 0.15) is 12.4 Å². The number of benzene rings is 1. The molecule has 6 nitrogen and oxygen atoms in total. The van der Waals surface area contributed by atoms with Crippen LogP contribution in [-0.2, 0) is 11.2 Å². The normalized spacial score (nSPS) is 23.0. The van der Waals surface area contributed by atoms with Crippen molar-refractivity contribution >= 4 is 6.09 Å². The molecule has 0 N–H and O–H groups in total. The molecule has 6 heteroatoms. The maximum absolute atomic E-state index is 12.3. The van der Waals surface area contributed by atoms with E-state index in [0.717, 1.165) is 63.3 Å². The van der Waals surface area contributed by atoms with Crippen molar-refractivity contribution < 1.29 is 9.53 Å². The fraction of sp³-hybridized carbons (Fsp3) is 0.577. The minimum absolute atomic E-state index is 0.00102. The summed E-state index contributed by atoms with van der Waals surface area (Å²) in [5.41, 5.74) is 6.53. The van der Waals surface area contributed by atoms with E-state index in [0.29, 0.717) is 11.5 Å². The van der Waals surface area contributed by atoms with Gasteiger partial charge in [-0.2, -0.15) is 0 Å². The zero-order valence-corrected chi connectivity index (χ0v) is 19.5. The van der Waals surface area contributed by atoms with Crippen molar-refractivity contribution in [2.24, 2.45) is 5.41 Å². The SMILES string of the molecule is CCC(C)OC(=O)N1CCC2(CC1)CN([C@@H]1CCc3cc(-c4cc(C)ncn4)ccc31)C2. The first-order chi connectivity index (χ1) is 15.5. The van der Waals surface area contributed by atoms with Gasteiger partial charge in [-0.25, -0.2) is 14.8 Å². The molecule has 2 aromatic rings. The summed E-state index contributed by atoms with van der Waals surface area (Å²) in [7, 11) is 0. The van der Waals surface area contributed by atoms with Crippen LogP contribution in [0.2, 0.25) is 0 Å². The number of ether oxygens (including phenoxy) is 1. The van der Waals surface area contributed by atoms with E-state index < -0.39 is 0 Å².